The molecule has 2 atom stereocenters. The van der Waals surface area contributed by atoms with E-state index in [1.54, 1.807) is 19.1 Å². The molecule has 2 amide bonds. The van der Waals surface area contributed by atoms with Gasteiger partial charge in [-0.15, -0.1) is 0 Å². The number of rotatable bonds is 13. The molecule has 200 valence electrons. The molecule has 0 aromatic heterocycles. The fourth-order valence-corrected chi connectivity index (χ4v) is 4.07. The first-order valence-corrected chi connectivity index (χ1v) is 12.9. The minimum absolute atomic E-state index is 0.0483. The van der Waals surface area contributed by atoms with Crippen molar-refractivity contribution in [2.24, 2.45) is 0 Å². The lowest BCUT2D eigenvalue weighted by atomic mass is 10.0. The largest absolute Gasteiger partial charge is 0.463 e. The first-order valence-electron chi connectivity index (χ1n) is 12.9. The number of carbonyl (C=O) groups excluding carboxylic acids is 3. The van der Waals surface area contributed by atoms with Crippen molar-refractivity contribution < 1.29 is 19.1 Å². The van der Waals surface area contributed by atoms with Crippen LogP contribution < -0.4 is 10.6 Å². The van der Waals surface area contributed by atoms with E-state index in [1.807, 2.05) is 86.9 Å². The molecule has 7 heteroatoms. The summed E-state index contributed by atoms with van der Waals surface area (Å²) in [5.74, 6) is -0.987. The number of ether oxygens (including phenoxy) is 1. The van der Waals surface area contributed by atoms with Crippen LogP contribution >= 0.6 is 0 Å². The summed E-state index contributed by atoms with van der Waals surface area (Å²) in [4.78, 5) is 40.6. The Bertz CT molecular complexity index is 1160. The van der Waals surface area contributed by atoms with Gasteiger partial charge in [-0.05, 0) is 49.3 Å². The molecule has 7 nitrogen and oxygen atoms in total. The zero-order valence-corrected chi connectivity index (χ0v) is 22.4. The predicted molar refractivity (Wildman–Crippen MR) is 149 cm³/mol. The molecule has 0 spiro atoms. The van der Waals surface area contributed by atoms with Gasteiger partial charge in [0.25, 0.3) is 5.91 Å². The van der Waals surface area contributed by atoms with Crippen LogP contribution in [0, 0.1) is 0 Å². The number of nitrogens with one attached hydrogen (secondary N) is 2. The molecule has 0 radical (unpaired) electrons. The lowest BCUT2D eigenvalue weighted by molar-refractivity contribution is -0.144. The van der Waals surface area contributed by atoms with Crippen LogP contribution in [0.5, 0.6) is 0 Å². The summed E-state index contributed by atoms with van der Waals surface area (Å²) in [5.41, 5.74) is 3.50. The molecule has 0 heterocycles. The van der Waals surface area contributed by atoms with Crippen molar-refractivity contribution in [1.29, 1.82) is 0 Å². The second-order valence-electron chi connectivity index (χ2n) is 9.58. The Morgan fingerprint density at radius 1 is 0.763 bits per heavy atom. The average Bonchev–Trinajstić information content (AvgIpc) is 2.92. The molecule has 0 saturated heterocycles. The van der Waals surface area contributed by atoms with Crippen molar-refractivity contribution in [2.75, 3.05) is 20.7 Å². The highest BCUT2D eigenvalue weighted by molar-refractivity contribution is 5.97. The number of hydrogen-bond donors (Lipinski definition) is 2. The molecule has 0 fully saturated rings. The topological polar surface area (TPSA) is 87.7 Å². The molecule has 0 bridgehead atoms. The van der Waals surface area contributed by atoms with Crippen molar-refractivity contribution in [3.05, 3.63) is 107 Å². The van der Waals surface area contributed by atoms with Crippen LogP contribution in [0.3, 0.4) is 0 Å². The lowest BCUT2D eigenvalue weighted by Gasteiger charge is -2.24. The highest BCUT2D eigenvalue weighted by atomic mass is 16.5. The molecule has 2 N–H and O–H groups in total. The Labute approximate surface area is 225 Å². The standard InChI is InChI=1S/C31H37N3O4/c1-4-29(35)38-22-27(19-23-11-7-5-8-12-23)32-31(37)28(20-24-13-9-6-10-14-24)33-30(36)26-17-15-25(16-18-26)21-34(2)3/h5-18,27-28H,4,19-22H2,1-3H3,(H,32,37)(H,33,36)/t27-,28-/m0/s1. The maximum atomic E-state index is 13.5. The molecular weight excluding hydrogens is 478 g/mol. The van der Waals surface area contributed by atoms with Gasteiger partial charge in [-0.2, -0.15) is 0 Å². The Morgan fingerprint density at radius 2 is 1.34 bits per heavy atom. The van der Waals surface area contributed by atoms with Gasteiger partial charge in [-0.3, -0.25) is 14.4 Å². The maximum absolute atomic E-state index is 13.5. The third-order valence-electron chi connectivity index (χ3n) is 6.02. The molecule has 0 aliphatic carbocycles. The number of nitrogens with zero attached hydrogens (tertiary/aromatic N) is 1. The molecule has 0 saturated carbocycles. The molecule has 0 unspecified atom stereocenters. The van der Waals surface area contributed by atoms with E-state index in [2.05, 4.69) is 15.5 Å². The first kappa shape index (κ1) is 28.6. The normalized spacial score (nSPS) is 12.4. The minimum atomic E-state index is -0.813. The van der Waals surface area contributed by atoms with Crippen LogP contribution in [-0.2, 0) is 33.7 Å². The van der Waals surface area contributed by atoms with Crippen LogP contribution in [0.2, 0.25) is 0 Å². The monoisotopic (exact) mass is 515 g/mol. The van der Waals surface area contributed by atoms with E-state index < -0.39 is 12.1 Å². The van der Waals surface area contributed by atoms with E-state index in [4.69, 9.17) is 4.74 Å². The van der Waals surface area contributed by atoms with Gasteiger partial charge in [0.05, 0.1) is 6.04 Å². The Hall–Kier alpha value is -3.97. The van der Waals surface area contributed by atoms with Gasteiger partial charge in [-0.25, -0.2) is 0 Å². The zero-order chi connectivity index (χ0) is 27.3. The van der Waals surface area contributed by atoms with E-state index in [1.165, 1.54) is 0 Å². The molecule has 0 aliphatic heterocycles. The van der Waals surface area contributed by atoms with Gasteiger partial charge in [0, 0.05) is 24.9 Å². The van der Waals surface area contributed by atoms with Crippen molar-refractivity contribution >= 4 is 17.8 Å². The number of esters is 1. The van der Waals surface area contributed by atoms with Gasteiger partial charge in [0.2, 0.25) is 5.91 Å². The number of carbonyl (C=O) groups is 3. The van der Waals surface area contributed by atoms with E-state index in [9.17, 15) is 14.4 Å². The molecule has 3 aromatic carbocycles. The second-order valence-corrected chi connectivity index (χ2v) is 9.58. The fourth-order valence-electron chi connectivity index (χ4n) is 4.07. The molecular formula is C31H37N3O4. The highest BCUT2D eigenvalue weighted by Gasteiger charge is 2.25. The van der Waals surface area contributed by atoms with Crippen LogP contribution in [0.25, 0.3) is 0 Å². The van der Waals surface area contributed by atoms with Crippen molar-refractivity contribution in [3.8, 4) is 0 Å². The lowest BCUT2D eigenvalue weighted by Crippen LogP contribution is -2.52. The van der Waals surface area contributed by atoms with E-state index in [0.29, 0.717) is 18.4 Å². The zero-order valence-electron chi connectivity index (χ0n) is 22.4. The Morgan fingerprint density at radius 3 is 1.89 bits per heavy atom. The summed E-state index contributed by atoms with van der Waals surface area (Å²) >= 11 is 0. The van der Waals surface area contributed by atoms with Gasteiger partial charge >= 0.3 is 5.97 Å². The van der Waals surface area contributed by atoms with Gasteiger partial charge < -0.3 is 20.3 Å². The van der Waals surface area contributed by atoms with Crippen LogP contribution in [-0.4, -0.2) is 55.5 Å². The number of hydrogen-bond acceptors (Lipinski definition) is 5. The fraction of sp³-hybridized carbons (Fsp3) is 0.323. The summed E-state index contributed by atoms with van der Waals surface area (Å²) in [5, 5.41) is 5.93. The van der Waals surface area contributed by atoms with Gasteiger partial charge in [-0.1, -0.05) is 79.7 Å². The van der Waals surface area contributed by atoms with E-state index in [-0.39, 0.29) is 30.8 Å². The second kappa shape index (κ2) is 14.7. The maximum Gasteiger partial charge on any atom is 0.305 e. The van der Waals surface area contributed by atoms with Crippen molar-refractivity contribution in [2.45, 2.75) is 44.8 Å². The molecule has 3 rings (SSSR count). The first-order chi connectivity index (χ1) is 18.3. The summed E-state index contributed by atoms with van der Waals surface area (Å²) in [7, 11) is 3.98. The van der Waals surface area contributed by atoms with Crippen molar-refractivity contribution in [1.82, 2.24) is 15.5 Å². The van der Waals surface area contributed by atoms with E-state index in [0.717, 1.165) is 23.2 Å². The smallest absolute Gasteiger partial charge is 0.305 e. The van der Waals surface area contributed by atoms with Crippen LogP contribution in [0.15, 0.2) is 84.9 Å². The molecule has 0 aliphatic rings. The average molecular weight is 516 g/mol. The Kier molecular flexibility index (Phi) is 11.1. The minimum Gasteiger partial charge on any atom is -0.463 e. The Balaban J connectivity index is 1.76. The number of amides is 2. The summed E-state index contributed by atoms with van der Waals surface area (Å²) in [6.07, 6.45) is 1.07. The highest BCUT2D eigenvalue weighted by Crippen LogP contribution is 2.10. The third kappa shape index (κ3) is 9.48. The third-order valence-corrected chi connectivity index (χ3v) is 6.02. The van der Waals surface area contributed by atoms with E-state index >= 15 is 0 Å². The molecule has 38 heavy (non-hydrogen) atoms. The molecule has 3 aromatic rings. The summed E-state index contributed by atoms with van der Waals surface area (Å²) in [6, 6.07) is 25.4. The quantitative estimate of drug-likeness (QED) is 0.339. The van der Waals surface area contributed by atoms with Crippen LogP contribution in [0.4, 0.5) is 0 Å². The number of benzene rings is 3. The SMILES string of the molecule is CCC(=O)OC[C@H](Cc1ccccc1)NC(=O)[C@H](Cc1ccccc1)NC(=O)c1ccc(CN(C)C)cc1. The van der Waals surface area contributed by atoms with Crippen molar-refractivity contribution in [3.63, 3.8) is 0 Å². The van der Waals surface area contributed by atoms with Crippen LogP contribution in [0.1, 0.15) is 40.4 Å². The predicted octanol–water partition coefficient (Wildman–Crippen LogP) is 3.77. The van der Waals surface area contributed by atoms with Gasteiger partial charge in [0.1, 0.15) is 12.6 Å². The summed E-state index contributed by atoms with van der Waals surface area (Å²) < 4.78 is 5.37. The van der Waals surface area contributed by atoms with Gasteiger partial charge in [0.15, 0.2) is 0 Å². The summed E-state index contributed by atoms with van der Waals surface area (Å²) in [6.45, 7) is 2.55.